The zero-order valence-electron chi connectivity index (χ0n) is 19.8. The van der Waals surface area contributed by atoms with Gasteiger partial charge < -0.3 is 19.7 Å². The average Bonchev–Trinajstić information content (AvgIpc) is 3.17. The van der Waals surface area contributed by atoms with Gasteiger partial charge in [-0.1, -0.05) is 30.3 Å². The third-order valence-electron chi connectivity index (χ3n) is 6.55. The highest BCUT2D eigenvalue weighted by molar-refractivity contribution is 5.59. The highest BCUT2D eigenvalue weighted by atomic mass is 16.5. The predicted octanol–water partition coefficient (Wildman–Crippen LogP) is 3.16. The van der Waals surface area contributed by atoms with Crippen LogP contribution in [0.5, 0.6) is 5.88 Å². The summed E-state index contributed by atoms with van der Waals surface area (Å²) in [5.74, 6) is 0.781. The van der Waals surface area contributed by atoms with E-state index in [-0.39, 0.29) is 0 Å². The number of hydrogen-bond acceptors (Lipinski definition) is 7. The van der Waals surface area contributed by atoms with E-state index in [2.05, 4.69) is 56.3 Å². The molecular formula is C26H36N4O3. The monoisotopic (exact) mass is 452 g/mol. The van der Waals surface area contributed by atoms with Crippen LogP contribution >= 0.6 is 0 Å². The van der Waals surface area contributed by atoms with Crippen molar-refractivity contribution in [2.75, 3.05) is 37.7 Å². The van der Waals surface area contributed by atoms with Crippen molar-refractivity contribution in [1.29, 1.82) is 0 Å². The van der Waals surface area contributed by atoms with Crippen LogP contribution in [0.15, 0.2) is 36.4 Å². The van der Waals surface area contributed by atoms with Gasteiger partial charge in [0.2, 0.25) is 5.88 Å². The van der Waals surface area contributed by atoms with Crippen LogP contribution in [0.2, 0.25) is 0 Å². The molecule has 33 heavy (non-hydrogen) atoms. The van der Waals surface area contributed by atoms with E-state index in [1.807, 2.05) is 6.92 Å². The van der Waals surface area contributed by atoms with Gasteiger partial charge in [-0.05, 0) is 44.2 Å². The van der Waals surface area contributed by atoms with Crippen LogP contribution in [0, 0.1) is 0 Å². The first kappa shape index (κ1) is 23.5. The van der Waals surface area contributed by atoms with Crippen molar-refractivity contribution >= 4 is 12.2 Å². The van der Waals surface area contributed by atoms with Crippen molar-refractivity contribution in [3.05, 3.63) is 53.2 Å². The first-order valence-corrected chi connectivity index (χ1v) is 12.2. The van der Waals surface area contributed by atoms with Gasteiger partial charge in [-0.15, -0.1) is 0 Å². The summed E-state index contributed by atoms with van der Waals surface area (Å²) in [6.45, 7) is 10.5. The molecule has 2 fully saturated rings. The molecule has 2 atom stereocenters. The second kappa shape index (κ2) is 11.5. The van der Waals surface area contributed by atoms with Gasteiger partial charge >= 0.3 is 0 Å². The summed E-state index contributed by atoms with van der Waals surface area (Å²) in [5.41, 5.74) is 5.38. The van der Waals surface area contributed by atoms with Crippen molar-refractivity contribution in [2.24, 2.45) is 0 Å². The minimum absolute atomic E-state index is 0.431. The molecule has 3 aliphatic rings. The number of benzene rings is 1. The van der Waals surface area contributed by atoms with E-state index in [1.54, 1.807) is 6.92 Å². The van der Waals surface area contributed by atoms with Crippen molar-refractivity contribution < 1.29 is 14.3 Å². The van der Waals surface area contributed by atoms with Crippen molar-refractivity contribution in [3.63, 3.8) is 0 Å². The standard InChI is InChI=1S/C23H30N4O.C3H6O2/c1-2-28-23-12-22(27-14-18-8-9-19(15-27)24-18)20-10-11-26(16-21(20)25-23)13-17-6-4-3-5-7-17;1-2-5-3-4/h3-7,12,18-19,24H,2,8-11,13-16H2,1H3;3H,2H2,1H3. The molecule has 2 aromatic rings. The van der Waals surface area contributed by atoms with Crippen molar-refractivity contribution in [3.8, 4) is 5.88 Å². The fraction of sp³-hybridized carbons (Fsp3) is 0.538. The molecule has 7 heteroatoms. The minimum atomic E-state index is 0.431. The van der Waals surface area contributed by atoms with Gasteiger partial charge in [-0.2, -0.15) is 0 Å². The SMILES string of the molecule is CCOC=O.CCOc1cc(N2CC3CCC(C2)N3)c2c(n1)CN(Cc1ccccc1)CC2. The summed E-state index contributed by atoms with van der Waals surface area (Å²) in [5, 5.41) is 3.75. The molecule has 2 unspecified atom stereocenters. The first-order valence-electron chi connectivity index (χ1n) is 12.2. The Morgan fingerprint density at radius 2 is 1.88 bits per heavy atom. The molecule has 0 radical (unpaired) electrons. The van der Waals surface area contributed by atoms with E-state index in [0.29, 0.717) is 31.8 Å². The fourth-order valence-corrected chi connectivity index (χ4v) is 5.09. The van der Waals surface area contributed by atoms with Gasteiger partial charge in [0.15, 0.2) is 0 Å². The molecule has 1 aromatic heterocycles. The van der Waals surface area contributed by atoms with E-state index in [1.165, 1.54) is 35.3 Å². The number of nitrogens with zero attached hydrogens (tertiary/aromatic N) is 3. The van der Waals surface area contributed by atoms with Crippen LogP contribution < -0.4 is 15.0 Å². The second-order valence-corrected chi connectivity index (χ2v) is 8.88. The lowest BCUT2D eigenvalue weighted by molar-refractivity contribution is -0.128. The van der Waals surface area contributed by atoms with Crippen LogP contribution in [0.3, 0.4) is 0 Å². The lowest BCUT2D eigenvalue weighted by Crippen LogP contribution is -2.51. The summed E-state index contributed by atoms with van der Waals surface area (Å²) in [4.78, 5) is 19.2. The van der Waals surface area contributed by atoms with Gasteiger partial charge in [0.25, 0.3) is 6.47 Å². The molecule has 0 spiro atoms. The zero-order chi connectivity index (χ0) is 23.0. The largest absolute Gasteiger partial charge is 0.478 e. The van der Waals surface area contributed by atoms with E-state index in [9.17, 15) is 4.79 Å². The number of carbonyl (C=O) groups excluding carboxylic acids is 1. The van der Waals surface area contributed by atoms with Crippen LogP contribution in [-0.4, -0.2) is 61.3 Å². The Morgan fingerprint density at radius 3 is 2.52 bits per heavy atom. The van der Waals surface area contributed by atoms with Crippen LogP contribution in [-0.2, 0) is 29.0 Å². The normalized spacial score (nSPS) is 21.6. The molecule has 3 aliphatic heterocycles. The van der Waals surface area contributed by atoms with E-state index in [0.717, 1.165) is 45.0 Å². The van der Waals surface area contributed by atoms with E-state index >= 15 is 0 Å². The van der Waals surface area contributed by atoms with Gasteiger partial charge in [-0.25, -0.2) is 4.98 Å². The number of piperazine rings is 1. The Bertz CT molecular complexity index is 896. The van der Waals surface area contributed by atoms with Gasteiger partial charge in [-0.3, -0.25) is 9.69 Å². The Hall–Kier alpha value is -2.64. The van der Waals surface area contributed by atoms with Crippen molar-refractivity contribution in [2.45, 2.75) is 58.3 Å². The molecule has 7 nitrogen and oxygen atoms in total. The molecule has 0 saturated carbocycles. The minimum Gasteiger partial charge on any atom is -0.478 e. The number of hydrogen-bond donors (Lipinski definition) is 1. The maximum absolute atomic E-state index is 9.18. The zero-order valence-corrected chi connectivity index (χ0v) is 19.8. The topological polar surface area (TPSA) is 66.9 Å². The van der Waals surface area contributed by atoms with Crippen LogP contribution in [0.25, 0.3) is 0 Å². The smallest absolute Gasteiger partial charge is 0.293 e. The van der Waals surface area contributed by atoms with E-state index in [4.69, 9.17) is 9.72 Å². The number of rotatable bonds is 7. The van der Waals surface area contributed by atoms with Gasteiger partial charge in [0.05, 0.1) is 18.9 Å². The number of fused-ring (bicyclic) bond motifs is 3. The predicted molar refractivity (Wildman–Crippen MR) is 130 cm³/mol. The molecule has 4 heterocycles. The average molecular weight is 453 g/mol. The maximum atomic E-state index is 9.18. The first-order chi connectivity index (χ1) is 16.2. The van der Waals surface area contributed by atoms with E-state index < -0.39 is 0 Å². The molecule has 1 aromatic carbocycles. The number of carbonyl (C=O) groups is 1. The second-order valence-electron chi connectivity index (χ2n) is 8.88. The summed E-state index contributed by atoms with van der Waals surface area (Å²) in [6.07, 6.45) is 3.67. The number of nitrogens with one attached hydrogen (secondary N) is 1. The molecule has 5 rings (SSSR count). The quantitative estimate of drug-likeness (QED) is 0.648. The fourth-order valence-electron chi connectivity index (χ4n) is 5.09. The molecule has 2 saturated heterocycles. The van der Waals surface area contributed by atoms with Crippen molar-refractivity contribution in [1.82, 2.24) is 15.2 Å². The lowest BCUT2D eigenvalue weighted by atomic mass is 10.0. The molecule has 0 amide bonds. The molecule has 1 N–H and O–H groups in total. The summed E-state index contributed by atoms with van der Waals surface area (Å²) >= 11 is 0. The summed E-state index contributed by atoms with van der Waals surface area (Å²) < 4.78 is 10.0. The summed E-state index contributed by atoms with van der Waals surface area (Å²) in [6, 6.07) is 14.2. The van der Waals surface area contributed by atoms with Gasteiger partial charge in [0.1, 0.15) is 0 Å². The highest BCUT2D eigenvalue weighted by Gasteiger charge is 2.34. The Kier molecular flexibility index (Phi) is 8.18. The summed E-state index contributed by atoms with van der Waals surface area (Å²) in [7, 11) is 0. The van der Waals surface area contributed by atoms with Gasteiger partial charge in [0, 0.05) is 56.6 Å². The highest BCUT2D eigenvalue weighted by Crippen LogP contribution is 2.34. The molecule has 0 aliphatic carbocycles. The molecular weight excluding hydrogens is 416 g/mol. The number of aromatic nitrogens is 1. The number of ether oxygens (including phenoxy) is 2. The Balaban J connectivity index is 0.000000471. The Morgan fingerprint density at radius 1 is 1.12 bits per heavy atom. The number of anilines is 1. The molecule has 2 bridgehead atoms. The van der Waals surface area contributed by atoms with Crippen LogP contribution in [0.4, 0.5) is 5.69 Å². The maximum Gasteiger partial charge on any atom is 0.293 e. The molecule has 178 valence electrons. The third kappa shape index (κ3) is 6.03. The Labute approximate surface area is 197 Å². The third-order valence-corrected chi connectivity index (χ3v) is 6.55. The lowest BCUT2D eigenvalue weighted by Gasteiger charge is -2.38. The number of pyridine rings is 1. The van der Waals surface area contributed by atoms with Crippen LogP contribution in [0.1, 0.15) is 43.5 Å².